The van der Waals surface area contributed by atoms with E-state index in [9.17, 15) is 18.0 Å². The fourth-order valence-corrected chi connectivity index (χ4v) is 3.15. The van der Waals surface area contributed by atoms with Gasteiger partial charge in [0.1, 0.15) is 0 Å². The van der Waals surface area contributed by atoms with Gasteiger partial charge in [0.05, 0.1) is 5.56 Å². The van der Waals surface area contributed by atoms with E-state index in [1.54, 1.807) is 11.8 Å². The molecule has 0 aromatic heterocycles. The lowest BCUT2D eigenvalue weighted by molar-refractivity contribution is -0.137. The molecule has 2 nitrogen and oxygen atoms in total. The highest BCUT2D eigenvalue weighted by Gasteiger charge is 2.32. The highest BCUT2D eigenvalue weighted by atomic mass is 32.2. The number of thioether (sulfide) groups is 1. The number of anilines is 1. The summed E-state index contributed by atoms with van der Waals surface area (Å²) in [5.41, 5.74) is 4.85. The third kappa shape index (κ3) is 2.63. The minimum atomic E-state index is -4.43. The molecule has 1 saturated heterocycles. The number of nitrogens with two attached hydrogens (primary N) is 1. The molecule has 1 aliphatic rings. The summed E-state index contributed by atoms with van der Waals surface area (Å²) in [5, 5.41) is 0. The van der Waals surface area contributed by atoms with Crippen molar-refractivity contribution in [3.05, 3.63) is 29.3 Å². The Kier molecular flexibility index (Phi) is 3.56. The molecule has 2 rings (SSSR count). The normalized spacial score (nSPS) is 20.1. The molecule has 1 aliphatic heterocycles. The summed E-state index contributed by atoms with van der Waals surface area (Å²) in [6, 6.07) is 2.92. The van der Waals surface area contributed by atoms with Gasteiger partial charge in [-0.3, -0.25) is 4.79 Å². The van der Waals surface area contributed by atoms with Crippen LogP contribution in [0.1, 0.15) is 22.3 Å². The van der Waals surface area contributed by atoms with Crippen LogP contribution in [0.2, 0.25) is 0 Å². The van der Waals surface area contributed by atoms with Crippen LogP contribution < -0.4 is 5.73 Å². The summed E-state index contributed by atoms with van der Waals surface area (Å²) in [7, 11) is 0. The Balaban J connectivity index is 2.27. The second-order valence-corrected chi connectivity index (χ2v) is 5.37. The van der Waals surface area contributed by atoms with Crippen LogP contribution in [0, 0.1) is 5.92 Å². The number of benzene rings is 1. The number of carbonyl (C=O) groups is 1. The lowest BCUT2D eigenvalue weighted by atomic mass is 9.95. The molecular formula is C12H12F3NOS. The number of rotatable bonds is 2. The van der Waals surface area contributed by atoms with Crippen molar-refractivity contribution in [3.63, 3.8) is 0 Å². The molecule has 1 unspecified atom stereocenters. The summed E-state index contributed by atoms with van der Waals surface area (Å²) in [5.74, 6) is 1.37. The van der Waals surface area contributed by atoms with E-state index in [2.05, 4.69) is 0 Å². The Bertz CT molecular complexity index is 467. The van der Waals surface area contributed by atoms with Gasteiger partial charge in [-0.2, -0.15) is 24.9 Å². The molecule has 0 radical (unpaired) electrons. The second-order valence-electron chi connectivity index (χ2n) is 4.22. The summed E-state index contributed by atoms with van der Waals surface area (Å²) in [4.78, 5) is 12.1. The van der Waals surface area contributed by atoms with E-state index in [0.29, 0.717) is 0 Å². The van der Waals surface area contributed by atoms with E-state index in [-0.39, 0.29) is 23.0 Å². The first-order valence-electron chi connectivity index (χ1n) is 5.48. The Morgan fingerprint density at radius 2 is 2.11 bits per heavy atom. The monoisotopic (exact) mass is 275 g/mol. The molecule has 0 bridgehead atoms. The Morgan fingerprint density at radius 1 is 1.39 bits per heavy atom. The van der Waals surface area contributed by atoms with Crippen molar-refractivity contribution in [2.45, 2.75) is 12.6 Å². The topological polar surface area (TPSA) is 43.1 Å². The molecule has 1 atom stereocenters. The summed E-state index contributed by atoms with van der Waals surface area (Å²) >= 11 is 1.68. The van der Waals surface area contributed by atoms with E-state index >= 15 is 0 Å². The molecule has 0 amide bonds. The number of ketones is 1. The lowest BCUT2D eigenvalue weighted by Crippen LogP contribution is -2.16. The van der Waals surface area contributed by atoms with Crippen molar-refractivity contribution in [2.75, 3.05) is 17.2 Å². The van der Waals surface area contributed by atoms with Crippen LogP contribution in [0.5, 0.6) is 0 Å². The Morgan fingerprint density at radius 3 is 2.61 bits per heavy atom. The van der Waals surface area contributed by atoms with Gasteiger partial charge in [0, 0.05) is 22.9 Å². The maximum absolute atomic E-state index is 12.5. The van der Waals surface area contributed by atoms with Crippen LogP contribution in [0.25, 0.3) is 0 Å². The average molecular weight is 275 g/mol. The van der Waals surface area contributed by atoms with Crippen LogP contribution in [0.4, 0.5) is 18.9 Å². The standard InChI is InChI=1S/C12H12F3NOS/c13-12(14,15)8-1-2-9(10(16)5-8)11(17)7-3-4-18-6-7/h1-2,5,7H,3-4,6,16H2. The van der Waals surface area contributed by atoms with Gasteiger partial charge in [0.25, 0.3) is 0 Å². The van der Waals surface area contributed by atoms with Gasteiger partial charge in [-0.1, -0.05) is 0 Å². The lowest BCUT2D eigenvalue weighted by Gasteiger charge is -2.12. The summed E-state index contributed by atoms with van der Waals surface area (Å²) in [6.45, 7) is 0. The van der Waals surface area contributed by atoms with Gasteiger partial charge in [-0.15, -0.1) is 0 Å². The number of Topliss-reactive ketones (excluding diaryl/α,β-unsaturated/α-hetero) is 1. The number of hydrogen-bond acceptors (Lipinski definition) is 3. The van der Waals surface area contributed by atoms with E-state index in [0.717, 1.165) is 30.1 Å². The second kappa shape index (κ2) is 4.84. The number of halogens is 3. The zero-order valence-electron chi connectivity index (χ0n) is 9.46. The third-order valence-corrected chi connectivity index (χ3v) is 4.11. The van der Waals surface area contributed by atoms with Crippen molar-refractivity contribution in [3.8, 4) is 0 Å². The molecule has 18 heavy (non-hydrogen) atoms. The van der Waals surface area contributed by atoms with Crippen LogP contribution in [-0.2, 0) is 6.18 Å². The van der Waals surface area contributed by atoms with Gasteiger partial charge < -0.3 is 5.73 Å². The van der Waals surface area contributed by atoms with Crippen molar-refractivity contribution in [1.29, 1.82) is 0 Å². The molecule has 2 N–H and O–H groups in total. The van der Waals surface area contributed by atoms with Gasteiger partial charge in [0.15, 0.2) is 5.78 Å². The highest BCUT2D eigenvalue weighted by molar-refractivity contribution is 7.99. The first-order valence-corrected chi connectivity index (χ1v) is 6.64. The van der Waals surface area contributed by atoms with Gasteiger partial charge in [-0.05, 0) is 30.4 Å². The van der Waals surface area contributed by atoms with Crippen LogP contribution in [-0.4, -0.2) is 17.3 Å². The predicted molar refractivity (Wildman–Crippen MR) is 65.6 cm³/mol. The number of nitrogen functional groups attached to an aromatic ring is 1. The van der Waals surface area contributed by atoms with E-state index < -0.39 is 11.7 Å². The highest BCUT2D eigenvalue weighted by Crippen LogP contribution is 2.33. The molecule has 0 spiro atoms. The Labute approximate surface area is 107 Å². The van der Waals surface area contributed by atoms with Gasteiger partial charge in [-0.25, -0.2) is 0 Å². The zero-order valence-corrected chi connectivity index (χ0v) is 10.3. The van der Waals surface area contributed by atoms with Crippen LogP contribution >= 0.6 is 11.8 Å². The number of carbonyl (C=O) groups excluding carboxylic acids is 1. The fourth-order valence-electron chi connectivity index (χ4n) is 1.92. The summed E-state index contributed by atoms with van der Waals surface area (Å²) < 4.78 is 37.4. The third-order valence-electron chi connectivity index (χ3n) is 2.94. The fraction of sp³-hybridized carbons (Fsp3) is 0.417. The van der Waals surface area contributed by atoms with E-state index in [4.69, 9.17) is 5.73 Å². The SMILES string of the molecule is Nc1cc(C(F)(F)F)ccc1C(=O)C1CCSC1. The summed E-state index contributed by atoms with van der Waals surface area (Å²) in [6.07, 6.45) is -3.66. The van der Waals surface area contributed by atoms with Crippen LogP contribution in [0.15, 0.2) is 18.2 Å². The van der Waals surface area contributed by atoms with Crippen molar-refractivity contribution in [1.82, 2.24) is 0 Å². The quantitative estimate of drug-likeness (QED) is 0.665. The molecule has 98 valence electrons. The molecule has 1 heterocycles. The molecular weight excluding hydrogens is 263 g/mol. The number of hydrogen-bond donors (Lipinski definition) is 1. The van der Waals surface area contributed by atoms with Gasteiger partial charge >= 0.3 is 6.18 Å². The first kappa shape index (κ1) is 13.3. The molecule has 0 saturated carbocycles. The van der Waals surface area contributed by atoms with Crippen molar-refractivity contribution < 1.29 is 18.0 Å². The average Bonchev–Trinajstić information content (AvgIpc) is 2.80. The maximum Gasteiger partial charge on any atom is 0.416 e. The first-order chi connectivity index (χ1) is 8.39. The molecule has 1 aromatic rings. The van der Waals surface area contributed by atoms with E-state index in [1.807, 2.05) is 0 Å². The van der Waals surface area contributed by atoms with E-state index in [1.165, 1.54) is 6.07 Å². The molecule has 6 heteroatoms. The zero-order chi connectivity index (χ0) is 13.3. The smallest absolute Gasteiger partial charge is 0.398 e. The largest absolute Gasteiger partial charge is 0.416 e. The molecule has 1 fully saturated rings. The minimum Gasteiger partial charge on any atom is -0.398 e. The van der Waals surface area contributed by atoms with Crippen LogP contribution in [0.3, 0.4) is 0 Å². The van der Waals surface area contributed by atoms with Crippen molar-refractivity contribution >= 4 is 23.2 Å². The van der Waals surface area contributed by atoms with Crippen molar-refractivity contribution in [2.24, 2.45) is 5.92 Å². The predicted octanol–water partition coefficient (Wildman–Crippen LogP) is 3.22. The molecule has 0 aliphatic carbocycles. The minimum absolute atomic E-state index is 0.0910. The van der Waals surface area contributed by atoms with Gasteiger partial charge in [0.2, 0.25) is 0 Å². The maximum atomic E-state index is 12.5. The molecule has 1 aromatic carbocycles. The Hall–Kier alpha value is -1.17. The number of alkyl halides is 3.